The number of ether oxygens (including phenoxy) is 2. The van der Waals surface area contributed by atoms with Crippen molar-refractivity contribution < 1.29 is 14.3 Å². The van der Waals surface area contributed by atoms with Crippen LogP contribution in [-0.4, -0.2) is 44.2 Å². The Morgan fingerprint density at radius 1 is 1.32 bits per heavy atom. The van der Waals surface area contributed by atoms with Crippen LogP contribution in [0, 0.1) is 0 Å². The topological polar surface area (TPSA) is 64.8 Å². The number of rotatable bonds is 3. The second kappa shape index (κ2) is 5.93. The number of piperidine rings is 1. The van der Waals surface area contributed by atoms with Crippen molar-refractivity contribution in [2.75, 3.05) is 33.0 Å². The van der Waals surface area contributed by atoms with Gasteiger partial charge in [0.1, 0.15) is 5.75 Å². The van der Waals surface area contributed by atoms with Gasteiger partial charge in [-0.2, -0.15) is 0 Å². The summed E-state index contributed by atoms with van der Waals surface area (Å²) in [6, 6.07) is 5.13. The lowest BCUT2D eigenvalue weighted by atomic mass is 10.1. The van der Waals surface area contributed by atoms with E-state index in [9.17, 15) is 4.79 Å². The van der Waals surface area contributed by atoms with Crippen LogP contribution in [-0.2, 0) is 4.74 Å². The molecule has 1 aromatic carbocycles. The van der Waals surface area contributed by atoms with E-state index in [1.807, 2.05) is 4.90 Å². The largest absolute Gasteiger partial charge is 0.496 e. The predicted molar refractivity (Wildman–Crippen MR) is 73.3 cm³/mol. The van der Waals surface area contributed by atoms with Crippen molar-refractivity contribution in [3.8, 4) is 5.75 Å². The molecule has 1 aromatic rings. The van der Waals surface area contributed by atoms with Gasteiger partial charge in [-0.3, -0.25) is 4.79 Å². The molecule has 104 valence electrons. The van der Waals surface area contributed by atoms with Gasteiger partial charge >= 0.3 is 0 Å². The van der Waals surface area contributed by atoms with Gasteiger partial charge in [-0.05, 0) is 31.0 Å². The van der Waals surface area contributed by atoms with Crippen molar-refractivity contribution in [3.63, 3.8) is 0 Å². The molecule has 2 rings (SSSR count). The highest BCUT2D eigenvalue weighted by Gasteiger charge is 2.25. The summed E-state index contributed by atoms with van der Waals surface area (Å²) in [6.45, 7) is 1.41. The lowest BCUT2D eigenvalue weighted by molar-refractivity contribution is 0.0349. The quantitative estimate of drug-likeness (QED) is 0.841. The van der Waals surface area contributed by atoms with E-state index >= 15 is 0 Å². The molecule has 0 aliphatic carbocycles. The van der Waals surface area contributed by atoms with Crippen LogP contribution in [0.2, 0.25) is 0 Å². The maximum Gasteiger partial charge on any atom is 0.257 e. The van der Waals surface area contributed by atoms with E-state index < -0.39 is 0 Å². The number of nitrogen functional groups attached to an aromatic ring is 1. The first-order valence-corrected chi connectivity index (χ1v) is 6.41. The highest BCUT2D eigenvalue weighted by molar-refractivity contribution is 5.97. The Balaban J connectivity index is 2.14. The van der Waals surface area contributed by atoms with E-state index in [2.05, 4.69) is 0 Å². The SMILES string of the molecule is COc1ccc(N)cc1C(=O)N1CCC(OC)CC1. The Bertz CT molecular complexity index is 454. The molecule has 0 bridgehead atoms. The van der Waals surface area contributed by atoms with Gasteiger partial charge in [-0.25, -0.2) is 0 Å². The van der Waals surface area contributed by atoms with Crippen LogP contribution in [0.25, 0.3) is 0 Å². The van der Waals surface area contributed by atoms with Crippen LogP contribution >= 0.6 is 0 Å². The monoisotopic (exact) mass is 264 g/mol. The molecule has 0 radical (unpaired) electrons. The Kier molecular flexibility index (Phi) is 4.27. The van der Waals surface area contributed by atoms with E-state index in [0.717, 1.165) is 12.8 Å². The first-order valence-electron chi connectivity index (χ1n) is 6.41. The molecule has 0 atom stereocenters. The van der Waals surface area contributed by atoms with Crippen LogP contribution in [0.3, 0.4) is 0 Å². The van der Waals surface area contributed by atoms with Gasteiger partial charge < -0.3 is 20.1 Å². The van der Waals surface area contributed by atoms with Crippen LogP contribution < -0.4 is 10.5 Å². The lowest BCUT2D eigenvalue weighted by Crippen LogP contribution is -2.40. The molecule has 5 nitrogen and oxygen atoms in total. The van der Waals surface area contributed by atoms with Crippen molar-refractivity contribution in [1.29, 1.82) is 0 Å². The van der Waals surface area contributed by atoms with Crippen molar-refractivity contribution in [2.45, 2.75) is 18.9 Å². The van der Waals surface area contributed by atoms with Gasteiger partial charge in [0.05, 0.1) is 18.8 Å². The number of carbonyl (C=O) groups excluding carboxylic acids is 1. The summed E-state index contributed by atoms with van der Waals surface area (Å²) in [5, 5.41) is 0. The zero-order chi connectivity index (χ0) is 13.8. The molecule has 19 heavy (non-hydrogen) atoms. The van der Waals surface area contributed by atoms with Crippen LogP contribution in [0.15, 0.2) is 18.2 Å². The summed E-state index contributed by atoms with van der Waals surface area (Å²) in [5.41, 5.74) is 6.84. The lowest BCUT2D eigenvalue weighted by Gasteiger charge is -2.31. The van der Waals surface area contributed by atoms with Crippen molar-refractivity contribution in [3.05, 3.63) is 23.8 Å². The minimum Gasteiger partial charge on any atom is -0.496 e. The van der Waals surface area contributed by atoms with Gasteiger partial charge in [-0.15, -0.1) is 0 Å². The first-order chi connectivity index (χ1) is 9.15. The molecule has 1 amide bonds. The molecule has 0 spiro atoms. The fourth-order valence-electron chi connectivity index (χ4n) is 2.36. The summed E-state index contributed by atoms with van der Waals surface area (Å²) < 4.78 is 10.5. The Labute approximate surface area is 113 Å². The highest BCUT2D eigenvalue weighted by Crippen LogP contribution is 2.24. The molecule has 2 N–H and O–H groups in total. The second-order valence-electron chi connectivity index (χ2n) is 4.69. The van der Waals surface area contributed by atoms with E-state index in [-0.39, 0.29) is 12.0 Å². The number of anilines is 1. The molecule has 0 unspecified atom stereocenters. The predicted octanol–water partition coefficient (Wildman–Crippen LogP) is 1.53. The number of benzene rings is 1. The minimum atomic E-state index is -0.0290. The summed E-state index contributed by atoms with van der Waals surface area (Å²) in [7, 11) is 3.27. The number of nitrogens with two attached hydrogens (primary N) is 1. The van der Waals surface area contributed by atoms with Gasteiger partial charge in [0, 0.05) is 25.9 Å². The fourth-order valence-corrected chi connectivity index (χ4v) is 2.36. The molecule has 0 aromatic heterocycles. The molecule has 1 fully saturated rings. The Morgan fingerprint density at radius 2 is 2.00 bits per heavy atom. The number of carbonyl (C=O) groups is 1. The smallest absolute Gasteiger partial charge is 0.257 e. The summed E-state index contributed by atoms with van der Waals surface area (Å²) in [4.78, 5) is 14.3. The van der Waals surface area contributed by atoms with Crippen molar-refractivity contribution in [1.82, 2.24) is 4.90 Å². The molecular formula is C14H20N2O3. The summed E-state index contributed by atoms with van der Waals surface area (Å²) in [5.74, 6) is 0.534. The van der Waals surface area contributed by atoms with E-state index in [4.69, 9.17) is 15.2 Å². The van der Waals surface area contributed by atoms with Gasteiger partial charge in [0.25, 0.3) is 5.91 Å². The molecule has 0 saturated carbocycles. The van der Waals surface area contributed by atoms with E-state index in [1.54, 1.807) is 32.4 Å². The highest BCUT2D eigenvalue weighted by atomic mass is 16.5. The average Bonchev–Trinajstić information content (AvgIpc) is 2.46. The van der Waals surface area contributed by atoms with E-state index in [0.29, 0.717) is 30.1 Å². The first kappa shape index (κ1) is 13.7. The van der Waals surface area contributed by atoms with E-state index in [1.165, 1.54) is 0 Å². The number of likely N-dealkylation sites (tertiary alicyclic amines) is 1. The Hall–Kier alpha value is -1.75. The zero-order valence-electron chi connectivity index (χ0n) is 11.4. The normalized spacial score (nSPS) is 16.4. The number of hydrogen-bond donors (Lipinski definition) is 1. The van der Waals surface area contributed by atoms with Crippen LogP contribution in [0.4, 0.5) is 5.69 Å². The maximum absolute atomic E-state index is 12.5. The number of amides is 1. The number of hydrogen-bond acceptors (Lipinski definition) is 4. The zero-order valence-corrected chi connectivity index (χ0v) is 11.4. The molecule has 5 heteroatoms. The van der Waals surface area contributed by atoms with Crippen LogP contribution in [0.1, 0.15) is 23.2 Å². The molecule has 1 aliphatic rings. The number of methoxy groups -OCH3 is 2. The van der Waals surface area contributed by atoms with Crippen molar-refractivity contribution in [2.24, 2.45) is 0 Å². The third-order valence-corrected chi connectivity index (χ3v) is 3.52. The molecule has 1 heterocycles. The van der Waals surface area contributed by atoms with Gasteiger partial charge in [0.2, 0.25) is 0 Å². The summed E-state index contributed by atoms with van der Waals surface area (Å²) >= 11 is 0. The molecule has 1 aliphatic heterocycles. The third kappa shape index (κ3) is 2.98. The molecule has 1 saturated heterocycles. The second-order valence-corrected chi connectivity index (χ2v) is 4.69. The van der Waals surface area contributed by atoms with Crippen LogP contribution in [0.5, 0.6) is 5.75 Å². The third-order valence-electron chi connectivity index (χ3n) is 3.52. The van der Waals surface area contributed by atoms with Crippen molar-refractivity contribution >= 4 is 11.6 Å². The van der Waals surface area contributed by atoms with Gasteiger partial charge in [-0.1, -0.05) is 0 Å². The van der Waals surface area contributed by atoms with Gasteiger partial charge in [0.15, 0.2) is 0 Å². The summed E-state index contributed by atoms with van der Waals surface area (Å²) in [6.07, 6.45) is 1.99. The molecular weight excluding hydrogens is 244 g/mol. The standard InChI is InChI=1S/C14H20N2O3/c1-18-11-5-7-16(8-6-11)14(17)12-9-10(15)3-4-13(12)19-2/h3-4,9,11H,5-8,15H2,1-2H3. The minimum absolute atomic E-state index is 0.0290. The fraction of sp³-hybridized carbons (Fsp3) is 0.500. The number of nitrogens with zero attached hydrogens (tertiary/aromatic N) is 1. The maximum atomic E-state index is 12.5. The Morgan fingerprint density at radius 3 is 2.58 bits per heavy atom. The average molecular weight is 264 g/mol.